The zero-order chi connectivity index (χ0) is 22.1. The molecule has 0 saturated carbocycles. The van der Waals surface area contributed by atoms with Crippen LogP contribution < -0.4 is 14.8 Å². The molecule has 0 unspecified atom stereocenters. The second-order valence-corrected chi connectivity index (χ2v) is 8.93. The summed E-state index contributed by atoms with van der Waals surface area (Å²) in [4.78, 5) is 17.3. The highest BCUT2D eigenvalue weighted by molar-refractivity contribution is 8.00. The molecule has 0 fully saturated rings. The largest absolute Gasteiger partial charge is 0.490 e. The van der Waals surface area contributed by atoms with Gasteiger partial charge in [-0.2, -0.15) is 0 Å². The number of rotatable bonds is 11. The third-order valence-corrected chi connectivity index (χ3v) is 6.71. The summed E-state index contributed by atoms with van der Waals surface area (Å²) in [5.41, 5.74) is 3.85. The maximum absolute atomic E-state index is 12.8. The van der Waals surface area contributed by atoms with Gasteiger partial charge in [0.1, 0.15) is 4.34 Å². The van der Waals surface area contributed by atoms with Crippen LogP contribution in [0.2, 0.25) is 0 Å². The molecular formula is C24H28N2O3S2. The maximum Gasteiger partial charge on any atom is 0.251 e. The van der Waals surface area contributed by atoms with Gasteiger partial charge in [-0.05, 0) is 56.5 Å². The zero-order valence-corrected chi connectivity index (χ0v) is 19.8. The highest BCUT2D eigenvalue weighted by Crippen LogP contribution is 2.29. The smallest absolute Gasteiger partial charge is 0.251 e. The molecule has 1 amide bonds. The van der Waals surface area contributed by atoms with E-state index < -0.39 is 0 Å². The lowest BCUT2D eigenvalue weighted by Gasteiger charge is -2.13. The second kappa shape index (κ2) is 11.8. The van der Waals surface area contributed by atoms with E-state index in [4.69, 9.17) is 9.47 Å². The zero-order valence-electron chi connectivity index (χ0n) is 18.1. The summed E-state index contributed by atoms with van der Waals surface area (Å²) >= 11 is 3.29. The Kier molecular flexibility index (Phi) is 8.79. The molecule has 1 aromatic heterocycles. The molecule has 0 aliphatic heterocycles. The van der Waals surface area contributed by atoms with Crippen LogP contribution in [0, 0.1) is 6.92 Å². The standard InChI is InChI=1S/C24H28N2O3S2/c1-4-28-21-11-10-18(14-22(21)29-5-2)12-13-25-23(27)20-9-7-6-8-19(20)16-31-24-26-17(3)15-30-24/h6-11,14-15H,4-5,12-13,16H2,1-3H3,(H,25,27). The van der Waals surface area contributed by atoms with E-state index in [1.807, 2.05) is 68.6 Å². The number of aryl methyl sites for hydroxylation is 1. The van der Waals surface area contributed by atoms with Gasteiger partial charge in [0.2, 0.25) is 0 Å². The quantitative estimate of drug-likeness (QED) is 0.385. The molecule has 2 aromatic carbocycles. The molecular weight excluding hydrogens is 428 g/mol. The number of thioether (sulfide) groups is 1. The van der Waals surface area contributed by atoms with Crippen LogP contribution in [0.3, 0.4) is 0 Å². The molecule has 0 radical (unpaired) electrons. The number of benzene rings is 2. The molecule has 0 atom stereocenters. The Hall–Kier alpha value is -2.51. The number of nitrogens with one attached hydrogen (secondary N) is 1. The number of hydrogen-bond acceptors (Lipinski definition) is 6. The summed E-state index contributed by atoms with van der Waals surface area (Å²) in [7, 11) is 0. The first kappa shape index (κ1) is 23.2. The first-order valence-electron chi connectivity index (χ1n) is 10.4. The fraction of sp³-hybridized carbons (Fsp3) is 0.333. The molecule has 164 valence electrons. The number of nitrogens with zero attached hydrogens (tertiary/aromatic N) is 1. The first-order chi connectivity index (χ1) is 15.1. The summed E-state index contributed by atoms with van der Waals surface area (Å²) in [5.74, 6) is 2.15. The number of carbonyl (C=O) groups is 1. The SMILES string of the molecule is CCOc1ccc(CCNC(=O)c2ccccc2CSc2nc(C)cs2)cc1OCC. The lowest BCUT2D eigenvalue weighted by atomic mass is 10.1. The average molecular weight is 457 g/mol. The summed E-state index contributed by atoms with van der Waals surface area (Å²) in [6, 6.07) is 13.7. The fourth-order valence-electron chi connectivity index (χ4n) is 3.07. The molecule has 1 N–H and O–H groups in total. The molecule has 0 spiro atoms. The Bertz CT molecular complexity index is 1000. The van der Waals surface area contributed by atoms with Crippen LogP contribution >= 0.6 is 23.1 Å². The number of aromatic nitrogens is 1. The van der Waals surface area contributed by atoms with Gasteiger partial charge >= 0.3 is 0 Å². The van der Waals surface area contributed by atoms with Crippen LogP contribution in [0.5, 0.6) is 11.5 Å². The van der Waals surface area contributed by atoms with E-state index in [1.165, 1.54) is 0 Å². The summed E-state index contributed by atoms with van der Waals surface area (Å²) in [6.07, 6.45) is 0.716. The van der Waals surface area contributed by atoms with Gasteiger partial charge in [0, 0.05) is 28.9 Å². The molecule has 0 saturated heterocycles. The molecule has 1 heterocycles. The van der Waals surface area contributed by atoms with Gasteiger partial charge in [-0.15, -0.1) is 11.3 Å². The van der Waals surface area contributed by atoms with Gasteiger partial charge in [-0.25, -0.2) is 4.98 Å². The third kappa shape index (κ3) is 6.74. The summed E-state index contributed by atoms with van der Waals surface area (Å²) in [6.45, 7) is 7.61. The predicted octanol–water partition coefficient (Wildman–Crippen LogP) is 5.51. The lowest BCUT2D eigenvalue weighted by molar-refractivity contribution is 0.0953. The Morgan fingerprint density at radius 3 is 2.61 bits per heavy atom. The molecule has 0 aliphatic rings. The normalized spacial score (nSPS) is 10.7. The van der Waals surface area contributed by atoms with E-state index in [0.717, 1.165) is 32.7 Å². The minimum absolute atomic E-state index is 0.0533. The van der Waals surface area contributed by atoms with E-state index in [1.54, 1.807) is 23.1 Å². The monoisotopic (exact) mass is 456 g/mol. The average Bonchev–Trinajstić information content (AvgIpc) is 3.19. The Morgan fingerprint density at radius 1 is 1.10 bits per heavy atom. The molecule has 0 bridgehead atoms. The first-order valence-corrected chi connectivity index (χ1v) is 12.3. The van der Waals surface area contributed by atoms with Crippen molar-refractivity contribution in [1.29, 1.82) is 0 Å². The molecule has 31 heavy (non-hydrogen) atoms. The van der Waals surface area contributed by atoms with Crippen molar-refractivity contribution in [2.24, 2.45) is 0 Å². The Morgan fingerprint density at radius 2 is 1.87 bits per heavy atom. The Balaban J connectivity index is 1.58. The van der Waals surface area contributed by atoms with Crippen LogP contribution in [0.4, 0.5) is 0 Å². The number of hydrogen-bond donors (Lipinski definition) is 1. The number of amides is 1. The van der Waals surface area contributed by atoms with Crippen LogP contribution in [-0.4, -0.2) is 30.6 Å². The van der Waals surface area contributed by atoms with Crippen molar-refractivity contribution in [3.05, 3.63) is 70.2 Å². The van der Waals surface area contributed by atoms with Crippen molar-refractivity contribution in [3.8, 4) is 11.5 Å². The highest BCUT2D eigenvalue weighted by Gasteiger charge is 2.12. The molecule has 7 heteroatoms. The van der Waals surface area contributed by atoms with Gasteiger partial charge in [-0.3, -0.25) is 4.79 Å². The topological polar surface area (TPSA) is 60.5 Å². The van der Waals surface area contributed by atoms with Crippen molar-refractivity contribution < 1.29 is 14.3 Å². The van der Waals surface area contributed by atoms with Crippen LogP contribution in [0.25, 0.3) is 0 Å². The molecule has 0 aliphatic carbocycles. The van der Waals surface area contributed by atoms with Gasteiger partial charge in [0.25, 0.3) is 5.91 Å². The van der Waals surface area contributed by atoms with Crippen LogP contribution in [-0.2, 0) is 12.2 Å². The third-order valence-electron chi connectivity index (χ3n) is 4.52. The molecule has 3 aromatic rings. The van der Waals surface area contributed by atoms with Crippen LogP contribution in [0.15, 0.2) is 52.2 Å². The number of ether oxygens (including phenoxy) is 2. The number of thiazole rings is 1. The highest BCUT2D eigenvalue weighted by atomic mass is 32.2. The predicted molar refractivity (Wildman–Crippen MR) is 128 cm³/mol. The van der Waals surface area contributed by atoms with Crippen molar-refractivity contribution in [3.63, 3.8) is 0 Å². The van der Waals surface area contributed by atoms with Gasteiger partial charge in [0.05, 0.1) is 13.2 Å². The van der Waals surface area contributed by atoms with E-state index in [2.05, 4.69) is 10.3 Å². The van der Waals surface area contributed by atoms with Crippen molar-refractivity contribution in [2.45, 2.75) is 37.3 Å². The van der Waals surface area contributed by atoms with E-state index in [-0.39, 0.29) is 5.91 Å². The van der Waals surface area contributed by atoms with Crippen molar-refractivity contribution >= 4 is 29.0 Å². The van der Waals surface area contributed by atoms with Crippen LogP contribution in [0.1, 0.15) is 41.0 Å². The number of carbonyl (C=O) groups excluding carboxylic acids is 1. The summed E-state index contributed by atoms with van der Waals surface area (Å²) < 4.78 is 12.3. The second-order valence-electron chi connectivity index (χ2n) is 6.85. The Labute approximate surface area is 192 Å². The van der Waals surface area contributed by atoms with Gasteiger partial charge in [0.15, 0.2) is 11.5 Å². The van der Waals surface area contributed by atoms with E-state index >= 15 is 0 Å². The van der Waals surface area contributed by atoms with E-state index in [0.29, 0.717) is 37.5 Å². The van der Waals surface area contributed by atoms with Crippen molar-refractivity contribution in [2.75, 3.05) is 19.8 Å². The van der Waals surface area contributed by atoms with Gasteiger partial charge in [-0.1, -0.05) is 36.0 Å². The van der Waals surface area contributed by atoms with Crippen molar-refractivity contribution in [1.82, 2.24) is 10.3 Å². The summed E-state index contributed by atoms with van der Waals surface area (Å²) in [5, 5.41) is 5.09. The van der Waals surface area contributed by atoms with Gasteiger partial charge < -0.3 is 14.8 Å². The minimum Gasteiger partial charge on any atom is -0.490 e. The molecule has 3 rings (SSSR count). The van der Waals surface area contributed by atoms with E-state index in [9.17, 15) is 4.79 Å². The maximum atomic E-state index is 12.8. The molecule has 5 nitrogen and oxygen atoms in total. The minimum atomic E-state index is -0.0533. The lowest BCUT2D eigenvalue weighted by Crippen LogP contribution is -2.26. The fourth-order valence-corrected chi connectivity index (χ4v) is 4.93.